The van der Waals surface area contributed by atoms with Gasteiger partial charge >= 0.3 is 0 Å². The van der Waals surface area contributed by atoms with Gasteiger partial charge < -0.3 is 16.0 Å². The third-order valence-corrected chi connectivity index (χ3v) is 3.80. The van der Waals surface area contributed by atoms with Gasteiger partial charge in [-0.2, -0.15) is 0 Å². The second kappa shape index (κ2) is 5.61. The number of nitrogens with one attached hydrogen (secondary N) is 2. The number of aromatic amines is 1. The molecule has 0 atom stereocenters. The number of nitrogens with zero attached hydrogens (tertiary/aromatic N) is 2. The minimum atomic E-state index is 0.289. The van der Waals surface area contributed by atoms with E-state index in [0.717, 1.165) is 18.5 Å². The molecule has 5 nitrogen and oxygen atoms in total. The van der Waals surface area contributed by atoms with E-state index in [9.17, 15) is 0 Å². The summed E-state index contributed by atoms with van der Waals surface area (Å²) in [5.74, 6) is 0.858. The van der Waals surface area contributed by atoms with Crippen LogP contribution >= 0.6 is 11.6 Å². The molecule has 1 aromatic carbocycles. The Kier molecular flexibility index (Phi) is 3.66. The van der Waals surface area contributed by atoms with Crippen LogP contribution in [0.15, 0.2) is 30.7 Å². The average molecular weight is 302 g/mol. The highest BCUT2D eigenvalue weighted by Gasteiger charge is 2.07. The first-order valence-electron chi connectivity index (χ1n) is 6.71. The van der Waals surface area contributed by atoms with Gasteiger partial charge in [0.05, 0.1) is 0 Å². The summed E-state index contributed by atoms with van der Waals surface area (Å²) in [5, 5.41) is 4.80. The Bertz CT molecular complexity index is 781. The number of benzene rings is 1. The van der Waals surface area contributed by atoms with Crippen molar-refractivity contribution in [2.24, 2.45) is 0 Å². The predicted molar refractivity (Wildman–Crippen MR) is 86.7 cm³/mol. The number of H-pyrrole nitrogens is 1. The zero-order valence-corrected chi connectivity index (χ0v) is 12.4. The highest BCUT2D eigenvalue weighted by Crippen LogP contribution is 2.24. The molecule has 0 bridgehead atoms. The summed E-state index contributed by atoms with van der Waals surface area (Å²) in [6.07, 6.45) is 4.31. The summed E-state index contributed by atoms with van der Waals surface area (Å²) in [4.78, 5) is 11.2. The van der Waals surface area contributed by atoms with Crippen LogP contribution in [-0.4, -0.2) is 21.5 Å². The van der Waals surface area contributed by atoms with Gasteiger partial charge in [0.15, 0.2) is 0 Å². The predicted octanol–water partition coefficient (Wildman–Crippen LogP) is 3.16. The lowest BCUT2D eigenvalue weighted by Gasteiger charge is -2.07. The molecule has 6 heteroatoms. The van der Waals surface area contributed by atoms with Crippen molar-refractivity contribution in [1.29, 1.82) is 0 Å². The maximum atomic E-state index is 6.05. The first-order valence-corrected chi connectivity index (χ1v) is 7.09. The maximum absolute atomic E-state index is 6.05. The lowest BCUT2D eigenvalue weighted by molar-refractivity contribution is 1.01. The van der Waals surface area contributed by atoms with E-state index in [0.29, 0.717) is 10.8 Å². The van der Waals surface area contributed by atoms with Crippen LogP contribution in [0.4, 0.5) is 11.6 Å². The van der Waals surface area contributed by atoms with Gasteiger partial charge in [-0.15, -0.1) is 0 Å². The first kappa shape index (κ1) is 13.7. The largest absolute Gasteiger partial charge is 0.382 e. The van der Waals surface area contributed by atoms with E-state index < -0.39 is 0 Å². The van der Waals surface area contributed by atoms with Gasteiger partial charge in [-0.1, -0.05) is 23.7 Å². The van der Waals surface area contributed by atoms with Crippen LogP contribution in [0.1, 0.15) is 11.1 Å². The monoisotopic (exact) mass is 301 g/mol. The fourth-order valence-electron chi connectivity index (χ4n) is 2.33. The number of hydrogen-bond donors (Lipinski definition) is 3. The minimum Gasteiger partial charge on any atom is -0.382 e. The number of anilines is 2. The van der Waals surface area contributed by atoms with Crippen molar-refractivity contribution in [2.45, 2.75) is 13.3 Å². The third-order valence-electron chi connectivity index (χ3n) is 3.43. The van der Waals surface area contributed by atoms with Crippen LogP contribution in [-0.2, 0) is 6.42 Å². The van der Waals surface area contributed by atoms with Crippen molar-refractivity contribution in [3.63, 3.8) is 0 Å². The van der Waals surface area contributed by atoms with Gasteiger partial charge in [0.25, 0.3) is 0 Å². The second-order valence-corrected chi connectivity index (χ2v) is 5.34. The molecule has 0 aliphatic rings. The number of hydrogen-bond acceptors (Lipinski definition) is 4. The van der Waals surface area contributed by atoms with E-state index in [1.165, 1.54) is 22.8 Å². The molecule has 108 valence electrons. The van der Waals surface area contributed by atoms with Crippen LogP contribution < -0.4 is 11.1 Å². The molecule has 3 rings (SSSR count). The molecule has 21 heavy (non-hydrogen) atoms. The van der Waals surface area contributed by atoms with Crippen LogP contribution in [0.2, 0.25) is 5.02 Å². The number of aromatic nitrogens is 3. The molecule has 0 unspecified atom stereocenters. The van der Waals surface area contributed by atoms with Gasteiger partial charge in [0.1, 0.15) is 23.0 Å². The topological polar surface area (TPSA) is 79.6 Å². The molecule has 0 spiro atoms. The SMILES string of the molecule is Cc1ccc2c(CCNc3ncnc(N)c3Cl)c[nH]c2c1. The summed E-state index contributed by atoms with van der Waals surface area (Å²) in [5.41, 5.74) is 9.32. The maximum Gasteiger partial charge on any atom is 0.150 e. The quantitative estimate of drug-likeness (QED) is 0.691. The van der Waals surface area contributed by atoms with Gasteiger partial charge in [0, 0.05) is 23.6 Å². The second-order valence-electron chi connectivity index (χ2n) is 4.96. The number of nitrogens with two attached hydrogens (primary N) is 1. The first-order chi connectivity index (χ1) is 10.1. The Labute approximate surface area is 127 Å². The summed E-state index contributed by atoms with van der Waals surface area (Å²) in [6, 6.07) is 6.41. The van der Waals surface area contributed by atoms with Crippen LogP contribution in [0.5, 0.6) is 0 Å². The average Bonchev–Trinajstić information content (AvgIpc) is 2.86. The molecule has 0 radical (unpaired) electrons. The van der Waals surface area contributed by atoms with Crippen LogP contribution in [0.25, 0.3) is 10.9 Å². The number of nitrogen functional groups attached to an aromatic ring is 1. The molecule has 2 aromatic heterocycles. The van der Waals surface area contributed by atoms with E-state index in [1.54, 1.807) is 0 Å². The zero-order valence-electron chi connectivity index (χ0n) is 11.7. The molecule has 2 heterocycles. The normalized spacial score (nSPS) is 11.0. The molecular formula is C15H16ClN5. The summed E-state index contributed by atoms with van der Waals surface area (Å²) < 4.78 is 0. The summed E-state index contributed by atoms with van der Waals surface area (Å²) in [6.45, 7) is 2.81. The summed E-state index contributed by atoms with van der Waals surface area (Å²) in [7, 11) is 0. The minimum absolute atomic E-state index is 0.289. The fraction of sp³-hybridized carbons (Fsp3) is 0.200. The molecule has 0 aliphatic carbocycles. The number of rotatable bonds is 4. The van der Waals surface area contributed by atoms with E-state index in [2.05, 4.69) is 45.4 Å². The Hall–Kier alpha value is -2.27. The van der Waals surface area contributed by atoms with Crippen molar-refractivity contribution in [3.05, 3.63) is 46.9 Å². The van der Waals surface area contributed by atoms with Crippen molar-refractivity contribution >= 4 is 34.1 Å². The zero-order chi connectivity index (χ0) is 14.8. The molecule has 0 saturated carbocycles. The van der Waals surface area contributed by atoms with Crippen molar-refractivity contribution in [1.82, 2.24) is 15.0 Å². The van der Waals surface area contributed by atoms with E-state index in [-0.39, 0.29) is 5.82 Å². The van der Waals surface area contributed by atoms with Crippen molar-refractivity contribution in [3.8, 4) is 0 Å². The molecule has 0 fully saturated rings. The molecule has 3 aromatic rings. The number of halogens is 1. The Morgan fingerprint density at radius 2 is 2.19 bits per heavy atom. The highest BCUT2D eigenvalue weighted by atomic mass is 35.5. The van der Waals surface area contributed by atoms with E-state index in [4.69, 9.17) is 17.3 Å². The van der Waals surface area contributed by atoms with E-state index in [1.807, 2.05) is 6.20 Å². The lowest BCUT2D eigenvalue weighted by Crippen LogP contribution is -2.08. The molecule has 4 N–H and O–H groups in total. The van der Waals surface area contributed by atoms with Crippen LogP contribution in [0.3, 0.4) is 0 Å². The molecule has 0 aliphatic heterocycles. The van der Waals surface area contributed by atoms with Gasteiger partial charge in [-0.05, 0) is 30.5 Å². The third kappa shape index (κ3) is 2.78. The molecular weight excluding hydrogens is 286 g/mol. The fourth-order valence-corrected chi connectivity index (χ4v) is 2.49. The number of aryl methyl sites for hydroxylation is 1. The Balaban J connectivity index is 1.71. The lowest BCUT2D eigenvalue weighted by atomic mass is 10.1. The smallest absolute Gasteiger partial charge is 0.150 e. The highest BCUT2D eigenvalue weighted by molar-refractivity contribution is 6.35. The standard InChI is InChI=1S/C15H16ClN5/c1-9-2-3-11-10(7-19-12(11)6-9)4-5-18-15-13(16)14(17)20-8-21-15/h2-3,6-8,19H,4-5H2,1H3,(H3,17,18,20,21). The van der Waals surface area contributed by atoms with Crippen molar-refractivity contribution < 1.29 is 0 Å². The van der Waals surface area contributed by atoms with Crippen LogP contribution in [0, 0.1) is 6.92 Å². The van der Waals surface area contributed by atoms with Gasteiger partial charge in [-0.3, -0.25) is 0 Å². The van der Waals surface area contributed by atoms with E-state index >= 15 is 0 Å². The molecule has 0 saturated heterocycles. The summed E-state index contributed by atoms with van der Waals surface area (Å²) >= 11 is 6.05. The molecule has 0 amide bonds. The van der Waals surface area contributed by atoms with Crippen molar-refractivity contribution in [2.75, 3.05) is 17.6 Å². The number of fused-ring (bicyclic) bond motifs is 1. The van der Waals surface area contributed by atoms with Gasteiger partial charge in [-0.25, -0.2) is 9.97 Å². The van der Waals surface area contributed by atoms with Gasteiger partial charge in [0.2, 0.25) is 0 Å². The Morgan fingerprint density at radius 1 is 1.33 bits per heavy atom. The Morgan fingerprint density at radius 3 is 3.05 bits per heavy atom.